The van der Waals surface area contributed by atoms with Gasteiger partial charge in [0.2, 0.25) is 0 Å². The first-order chi connectivity index (χ1) is 9.14. The smallest absolute Gasteiger partial charge is 0.178 e. The molecule has 0 saturated carbocycles. The largest absolute Gasteiger partial charge is 0.343 e. The molecule has 1 rings (SSSR count). The second-order valence-corrected chi connectivity index (χ2v) is 6.69. The Kier molecular flexibility index (Phi) is 5.54. The molecule has 0 amide bonds. The highest BCUT2D eigenvalue weighted by molar-refractivity contribution is 5.99. The summed E-state index contributed by atoms with van der Waals surface area (Å²) in [5.74, 6) is 0.173. The van der Waals surface area contributed by atoms with Crippen molar-refractivity contribution in [2.45, 2.75) is 40.2 Å². The molecule has 1 aromatic rings. The minimum atomic E-state index is 0.00501. The van der Waals surface area contributed by atoms with Gasteiger partial charge >= 0.3 is 0 Å². The molecule has 114 valence electrons. The first kappa shape index (κ1) is 16.9. The number of hydrogen-bond donors (Lipinski definition) is 1. The van der Waals surface area contributed by atoms with Crippen LogP contribution in [0.3, 0.4) is 0 Å². The lowest BCUT2D eigenvalue weighted by atomic mass is 10.1. The topological polar surface area (TPSA) is 37.3 Å². The van der Waals surface area contributed by atoms with E-state index in [9.17, 15) is 4.79 Å². The van der Waals surface area contributed by atoms with Crippen LogP contribution in [-0.4, -0.2) is 49.0 Å². The molecule has 0 aliphatic carbocycles. The van der Waals surface area contributed by atoms with E-state index in [0.717, 1.165) is 30.0 Å². The van der Waals surface area contributed by atoms with Crippen molar-refractivity contribution in [2.75, 3.05) is 33.7 Å². The van der Waals surface area contributed by atoms with Crippen LogP contribution in [0.4, 0.5) is 0 Å². The van der Waals surface area contributed by atoms with E-state index in [4.69, 9.17) is 0 Å². The second kappa shape index (κ2) is 6.55. The number of carbonyl (C=O) groups is 1. The Hall–Kier alpha value is -1.13. The van der Waals surface area contributed by atoms with Crippen molar-refractivity contribution in [3.8, 4) is 0 Å². The molecule has 0 aliphatic heterocycles. The van der Waals surface area contributed by atoms with Crippen molar-refractivity contribution in [3.05, 3.63) is 23.0 Å². The third-order valence-electron chi connectivity index (χ3n) is 3.42. The molecule has 1 N–H and O–H groups in total. The average Bonchev–Trinajstić information content (AvgIpc) is 2.59. The Morgan fingerprint density at radius 1 is 1.30 bits per heavy atom. The zero-order chi connectivity index (χ0) is 15.5. The molecule has 20 heavy (non-hydrogen) atoms. The quantitative estimate of drug-likeness (QED) is 0.641. The number of aryl methyl sites for hydroxylation is 1. The normalized spacial score (nSPS) is 12.2. The number of hydrogen-bond acceptors (Lipinski definition) is 3. The molecule has 4 nitrogen and oxygen atoms in total. The maximum atomic E-state index is 12.3. The average molecular weight is 279 g/mol. The van der Waals surface area contributed by atoms with Gasteiger partial charge in [-0.25, -0.2) is 0 Å². The number of nitrogens with zero attached hydrogens (tertiary/aromatic N) is 2. The number of Topliss-reactive ketones (excluding diaryl/α,β-unsaturated/α-hetero) is 1. The molecule has 1 aromatic heterocycles. The van der Waals surface area contributed by atoms with Crippen LogP contribution < -0.4 is 5.32 Å². The standard InChI is InChI=1S/C16H29N3O/c1-12-10-14(13(2)19(12)16(3,4)5)15(20)11-17-8-9-18(6)7/h10,17H,8-9,11H2,1-7H3. The van der Waals surface area contributed by atoms with E-state index < -0.39 is 0 Å². The monoisotopic (exact) mass is 279 g/mol. The minimum Gasteiger partial charge on any atom is -0.343 e. The van der Waals surface area contributed by atoms with Crippen LogP contribution in [0.2, 0.25) is 0 Å². The van der Waals surface area contributed by atoms with E-state index in [2.05, 4.69) is 42.5 Å². The second-order valence-electron chi connectivity index (χ2n) is 6.69. The van der Waals surface area contributed by atoms with Crippen LogP contribution in [0, 0.1) is 13.8 Å². The maximum absolute atomic E-state index is 12.3. The van der Waals surface area contributed by atoms with E-state index in [1.165, 1.54) is 0 Å². The molecule has 0 aliphatic rings. The molecule has 0 bridgehead atoms. The van der Waals surface area contributed by atoms with Crippen molar-refractivity contribution in [2.24, 2.45) is 0 Å². The van der Waals surface area contributed by atoms with Crippen LogP contribution in [0.5, 0.6) is 0 Å². The minimum absolute atomic E-state index is 0.00501. The number of ketones is 1. The Morgan fingerprint density at radius 2 is 1.90 bits per heavy atom. The lowest BCUT2D eigenvalue weighted by Crippen LogP contribution is -2.31. The van der Waals surface area contributed by atoms with Crippen LogP contribution in [0.25, 0.3) is 0 Å². The van der Waals surface area contributed by atoms with Gasteiger partial charge in [0.05, 0.1) is 6.54 Å². The zero-order valence-electron chi connectivity index (χ0n) is 14.0. The lowest BCUT2D eigenvalue weighted by Gasteiger charge is -2.25. The Bertz CT molecular complexity index is 467. The fraction of sp³-hybridized carbons (Fsp3) is 0.688. The van der Waals surface area contributed by atoms with Gasteiger partial charge in [0.25, 0.3) is 0 Å². The predicted molar refractivity (Wildman–Crippen MR) is 84.7 cm³/mol. The molecule has 0 radical (unpaired) electrons. The fourth-order valence-corrected chi connectivity index (χ4v) is 2.68. The summed E-state index contributed by atoms with van der Waals surface area (Å²) in [6.07, 6.45) is 0. The number of aromatic nitrogens is 1. The van der Waals surface area contributed by atoms with Gasteiger partial charge in [-0.05, 0) is 54.8 Å². The predicted octanol–water partition coefficient (Wildman–Crippen LogP) is 2.19. The van der Waals surface area contributed by atoms with Crippen LogP contribution >= 0.6 is 0 Å². The Labute approximate surface area is 123 Å². The van der Waals surface area contributed by atoms with Crippen LogP contribution in [-0.2, 0) is 5.54 Å². The van der Waals surface area contributed by atoms with Crippen molar-refractivity contribution >= 4 is 5.78 Å². The highest BCUT2D eigenvalue weighted by atomic mass is 16.1. The van der Waals surface area contributed by atoms with E-state index in [1.807, 2.05) is 27.1 Å². The van der Waals surface area contributed by atoms with E-state index in [1.54, 1.807) is 0 Å². The molecule has 1 heterocycles. The molecule has 0 fully saturated rings. The molecule has 0 spiro atoms. The first-order valence-electron chi connectivity index (χ1n) is 7.22. The summed E-state index contributed by atoms with van der Waals surface area (Å²) in [6, 6.07) is 2.01. The number of nitrogens with one attached hydrogen (secondary N) is 1. The summed E-state index contributed by atoms with van der Waals surface area (Å²) in [7, 11) is 4.06. The SMILES string of the molecule is Cc1cc(C(=O)CNCCN(C)C)c(C)n1C(C)(C)C. The molecule has 0 unspecified atom stereocenters. The van der Waals surface area contributed by atoms with Crippen molar-refractivity contribution in [1.82, 2.24) is 14.8 Å². The van der Waals surface area contributed by atoms with Gasteiger partial charge in [-0.3, -0.25) is 4.79 Å². The van der Waals surface area contributed by atoms with Crippen molar-refractivity contribution < 1.29 is 4.79 Å². The molecular weight excluding hydrogens is 250 g/mol. The van der Waals surface area contributed by atoms with Gasteiger partial charge in [-0.15, -0.1) is 0 Å². The van der Waals surface area contributed by atoms with Gasteiger partial charge in [-0.2, -0.15) is 0 Å². The highest BCUT2D eigenvalue weighted by Gasteiger charge is 2.22. The summed E-state index contributed by atoms with van der Waals surface area (Å²) < 4.78 is 2.24. The highest BCUT2D eigenvalue weighted by Crippen LogP contribution is 2.24. The summed E-state index contributed by atoms with van der Waals surface area (Å²) >= 11 is 0. The Morgan fingerprint density at radius 3 is 2.35 bits per heavy atom. The van der Waals surface area contributed by atoms with Gasteiger partial charge in [0, 0.05) is 35.6 Å². The van der Waals surface area contributed by atoms with Gasteiger partial charge < -0.3 is 14.8 Å². The molecular formula is C16H29N3O. The molecule has 0 aromatic carbocycles. The van der Waals surface area contributed by atoms with Crippen molar-refractivity contribution in [1.29, 1.82) is 0 Å². The zero-order valence-corrected chi connectivity index (χ0v) is 14.0. The van der Waals surface area contributed by atoms with Crippen LogP contribution in [0.1, 0.15) is 42.5 Å². The molecule has 4 heteroatoms. The third-order valence-corrected chi connectivity index (χ3v) is 3.42. The van der Waals surface area contributed by atoms with Gasteiger partial charge in [-0.1, -0.05) is 0 Å². The summed E-state index contributed by atoms with van der Waals surface area (Å²) in [4.78, 5) is 14.4. The maximum Gasteiger partial charge on any atom is 0.178 e. The summed E-state index contributed by atoms with van der Waals surface area (Å²) in [6.45, 7) is 12.8. The molecule has 0 saturated heterocycles. The van der Waals surface area contributed by atoms with Gasteiger partial charge in [0.1, 0.15) is 0 Å². The van der Waals surface area contributed by atoms with Crippen molar-refractivity contribution in [3.63, 3.8) is 0 Å². The van der Waals surface area contributed by atoms with E-state index in [0.29, 0.717) is 6.54 Å². The first-order valence-corrected chi connectivity index (χ1v) is 7.22. The number of carbonyl (C=O) groups excluding carboxylic acids is 1. The number of rotatable bonds is 6. The molecule has 0 atom stereocenters. The Balaban J connectivity index is 2.75. The van der Waals surface area contributed by atoms with Gasteiger partial charge in [0.15, 0.2) is 5.78 Å². The lowest BCUT2D eigenvalue weighted by molar-refractivity contribution is 0.0990. The van der Waals surface area contributed by atoms with E-state index in [-0.39, 0.29) is 11.3 Å². The number of likely N-dealkylation sites (N-methyl/N-ethyl adjacent to an activating group) is 1. The van der Waals surface area contributed by atoms with Crippen LogP contribution in [0.15, 0.2) is 6.07 Å². The fourth-order valence-electron chi connectivity index (χ4n) is 2.68. The summed E-state index contributed by atoms with van der Waals surface area (Å²) in [5.41, 5.74) is 3.06. The summed E-state index contributed by atoms with van der Waals surface area (Å²) in [5, 5.41) is 3.21. The third kappa shape index (κ3) is 4.18. The van der Waals surface area contributed by atoms with E-state index >= 15 is 0 Å².